The molecule has 0 aromatic heterocycles. The van der Waals surface area contributed by atoms with E-state index in [0.29, 0.717) is 19.3 Å². The molecular weight excluding hydrogens is 506 g/mol. The van der Waals surface area contributed by atoms with E-state index in [0.717, 1.165) is 31.4 Å². The van der Waals surface area contributed by atoms with Gasteiger partial charge in [0.25, 0.3) is 0 Å². The second-order valence-electron chi connectivity index (χ2n) is 12.4. The summed E-state index contributed by atoms with van der Waals surface area (Å²) < 4.78 is 11.4. The highest BCUT2D eigenvalue weighted by Gasteiger charge is 2.68. The van der Waals surface area contributed by atoms with Gasteiger partial charge in [-0.2, -0.15) is 0 Å². The normalized spacial score (nSPS) is 31.0. The van der Waals surface area contributed by atoms with E-state index in [1.807, 2.05) is 20.2 Å². The van der Waals surface area contributed by atoms with Crippen LogP contribution in [0.2, 0.25) is 0 Å². The molecule has 4 aliphatic carbocycles. The second-order valence-corrected chi connectivity index (χ2v) is 12.4. The zero-order chi connectivity index (χ0) is 28.8. The van der Waals surface area contributed by atoms with Crippen molar-refractivity contribution in [1.29, 1.82) is 0 Å². The highest BCUT2D eigenvalue weighted by atomic mass is 16.6. The smallest absolute Gasteiger partial charge is 0.305 e. The maximum Gasteiger partial charge on any atom is 0.305 e. The van der Waals surface area contributed by atoms with E-state index in [-0.39, 0.29) is 35.7 Å². The predicted molar refractivity (Wildman–Crippen MR) is 152 cm³/mol. The number of Topliss-reactive ketones (excluding diaryl/α,β-unsaturated/α-hetero) is 1. The Morgan fingerprint density at radius 1 is 1.05 bits per heavy atom. The van der Waals surface area contributed by atoms with E-state index in [1.54, 1.807) is 6.92 Å². The van der Waals surface area contributed by atoms with Gasteiger partial charge in [0.2, 0.25) is 5.78 Å². The molecule has 0 radical (unpaired) electrons. The quantitative estimate of drug-likeness (QED) is 0.418. The van der Waals surface area contributed by atoms with Crippen molar-refractivity contribution in [3.05, 3.63) is 52.6 Å². The maximum atomic E-state index is 14.0. The minimum atomic E-state index is -1.35. The van der Waals surface area contributed by atoms with Gasteiger partial charge in [-0.1, -0.05) is 31.6 Å². The average Bonchev–Trinajstić information content (AvgIpc) is 3.22. The molecule has 5 rings (SSSR count). The largest absolute Gasteiger partial charge is 0.457 e. The number of anilines is 1. The molecule has 0 spiro atoms. The molecule has 40 heavy (non-hydrogen) atoms. The number of benzene rings is 1. The van der Waals surface area contributed by atoms with Crippen molar-refractivity contribution >= 4 is 29.2 Å². The molecule has 0 amide bonds. The lowest BCUT2D eigenvalue weighted by atomic mass is 9.50. The van der Waals surface area contributed by atoms with E-state index in [1.165, 1.54) is 29.2 Å². The molecule has 0 saturated heterocycles. The summed E-state index contributed by atoms with van der Waals surface area (Å²) in [7, 11) is 4.03. The molecule has 4 aliphatic rings. The Morgan fingerprint density at radius 3 is 2.42 bits per heavy atom. The first-order valence-corrected chi connectivity index (χ1v) is 14.6. The summed E-state index contributed by atoms with van der Waals surface area (Å²) >= 11 is 0. The average molecular weight is 548 g/mol. The molecule has 1 aromatic carbocycles. The van der Waals surface area contributed by atoms with Gasteiger partial charge in [0.15, 0.2) is 18.0 Å². The Kier molecular flexibility index (Phi) is 7.53. The van der Waals surface area contributed by atoms with Crippen LogP contribution in [0, 0.1) is 17.3 Å². The number of ether oxygens (including phenoxy) is 2. The van der Waals surface area contributed by atoms with Gasteiger partial charge in [-0.25, -0.2) is 0 Å². The van der Waals surface area contributed by atoms with Gasteiger partial charge in [-0.05, 0) is 85.3 Å². The molecule has 0 bridgehead atoms. The lowest BCUT2D eigenvalue weighted by molar-refractivity contribution is -0.186. The lowest BCUT2D eigenvalue weighted by Crippen LogP contribution is -2.58. The number of hydrogen-bond acceptors (Lipinski definition) is 7. The SMILES string of the molecule is CCC(=O)OCC(=O)[C@@]1(OC(C)=O)CCC2C3CCC4=CC(=O)CCC4=C3[C@@H](c3ccc(N(C)C)cc3)C[C@@]21C. The molecule has 0 aliphatic heterocycles. The van der Waals surface area contributed by atoms with Gasteiger partial charge in [0.1, 0.15) is 0 Å². The van der Waals surface area contributed by atoms with E-state index < -0.39 is 29.6 Å². The summed E-state index contributed by atoms with van der Waals surface area (Å²) in [5.41, 5.74) is 4.19. The van der Waals surface area contributed by atoms with Crippen LogP contribution in [0.25, 0.3) is 0 Å². The summed E-state index contributed by atoms with van der Waals surface area (Å²) in [5, 5.41) is 0. The van der Waals surface area contributed by atoms with Crippen LogP contribution < -0.4 is 4.90 Å². The summed E-state index contributed by atoms with van der Waals surface area (Å²) in [4.78, 5) is 52.8. The van der Waals surface area contributed by atoms with Crippen LogP contribution in [-0.2, 0) is 28.7 Å². The van der Waals surface area contributed by atoms with Crippen LogP contribution in [0.15, 0.2) is 47.1 Å². The van der Waals surface area contributed by atoms with Crippen molar-refractivity contribution in [2.75, 3.05) is 25.6 Å². The summed E-state index contributed by atoms with van der Waals surface area (Å²) in [6, 6.07) is 8.59. The molecule has 7 heteroatoms. The monoisotopic (exact) mass is 547 g/mol. The van der Waals surface area contributed by atoms with Crippen molar-refractivity contribution in [3.8, 4) is 0 Å². The van der Waals surface area contributed by atoms with Crippen LogP contribution in [0.1, 0.15) is 83.6 Å². The van der Waals surface area contributed by atoms with Crippen LogP contribution in [0.5, 0.6) is 0 Å². The first kappa shape index (κ1) is 28.3. The highest BCUT2D eigenvalue weighted by molar-refractivity contribution is 5.94. The minimum Gasteiger partial charge on any atom is -0.457 e. The van der Waals surface area contributed by atoms with Crippen LogP contribution in [0.3, 0.4) is 0 Å². The molecule has 2 unspecified atom stereocenters. The first-order valence-electron chi connectivity index (χ1n) is 14.6. The Morgan fingerprint density at radius 2 is 1.77 bits per heavy atom. The third-order valence-electron chi connectivity index (χ3n) is 10.1. The predicted octanol–water partition coefficient (Wildman–Crippen LogP) is 5.48. The van der Waals surface area contributed by atoms with Gasteiger partial charge in [0.05, 0.1) is 0 Å². The van der Waals surface area contributed by atoms with Crippen molar-refractivity contribution in [3.63, 3.8) is 0 Å². The number of ketones is 2. The number of carbonyl (C=O) groups excluding carboxylic acids is 4. The molecule has 1 aromatic rings. The minimum absolute atomic E-state index is 0.0217. The number of nitrogens with zero attached hydrogens (tertiary/aromatic N) is 1. The molecule has 0 heterocycles. The molecule has 0 N–H and O–H groups in total. The number of carbonyl (C=O) groups is 4. The summed E-state index contributed by atoms with van der Waals surface area (Å²) in [6.07, 6.45) is 6.87. The molecule has 214 valence electrons. The Bertz CT molecular complexity index is 1290. The number of fused-ring (bicyclic) bond motifs is 4. The Hall–Kier alpha value is -3.22. The lowest BCUT2D eigenvalue weighted by Gasteiger charge is -2.55. The first-order chi connectivity index (χ1) is 19.0. The fourth-order valence-corrected chi connectivity index (χ4v) is 8.24. The fraction of sp³-hybridized carbons (Fsp3) is 0.576. The topological polar surface area (TPSA) is 90.0 Å². The van der Waals surface area contributed by atoms with Crippen molar-refractivity contribution in [1.82, 2.24) is 0 Å². The van der Waals surface area contributed by atoms with Gasteiger partial charge in [-0.3, -0.25) is 19.2 Å². The highest BCUT2D eigenvalue weighted by Crippen LogP contribution is 2.67. The van der Waals surface area contributed by atoms with E-state index in [4.69, 9.17) is 9.47 Å². The maximum absolute atomic E-state index is 14.0. The van der Waals surface area contributed by atoms with E-state index >= 15 is 0 Å². The Balaban J connectivity index is 1.64. The van der Waals surface area contributed by atoms with Crippen molar-refractivity contribution < 1.29 is 28.7 Å². The number of rotatable bonds is 7. The standard InChI is InChI=1S/C33H41NO6/c1-6-30(38)39-19-29(37)33(40-20(2)35)16-15-28-26-13-9-22-17-24(36)12-14-25(22)31(26)27(18-32(28,33)3)21-7-10-23(11-8-21)34(4)5/h7-8,10-11,17,26-28H,6,9,12-16,18-19H2,1-5H3/t26?,27-,28?,32+,33+/m1/s1. The molecule has 5 atom stereocenters. The molecule has 2 fully saturated rings. The van der Waals surface area contributed by atoms with Crippen LogP contribution >= 0.6 is 0 Å². The summed E-state index contributed by atoms with van der Waals surface area (Å²) in [6.45, 7) is 4.77. The van der Waals surface area contributed by atoms with Gasteiger partial charge in [0, 0.05) is 50.9 Å². The molecule has 2 saturated carbocycles. The van der Waals surface area contributed by atoms with Gasteiger partial charge >= 0.3 is 11.9 Å². The zero-order valence-corrected chi connectivity index (χ0v) is 24.4. The molecule has 7 nitrogen and oxygen atoms in total. The molecular formula is C33H41NO6. The second kappa shape index (κ2) is 10.6. The van der Waals surface area contributed by atoms with Crippen molar-refractivity contribution in [2.45, 2.75) is 83.7 Å². The van der Waals surface area contributed by atoms with Crippen LogP contribution in [0.4, 0.5) is 5.69 Å². The third-order valence-corrected chi connectivity index (χ3v) is 10.1. The number of allylic oxidation sites excluding steroid dienone is 4. The van der Waals surface area contributed by atoms with Crippen molar-refractivity contribution in [2.24, 2.45) is 17.3 Å². The van der Waals surface area contributed by atoms with Crippen LogP contribution in [-0.4, -0.2) is 49.8 Å². The zero-order valence-electron chi connectivity index (χ0n) is 24.4. The van der Waals surface area contributed by atoms with E-state index in [9.17, 15) is 19.2 Å². The number of esters is 2. The summed E-state index contributed by atoms with van der Waals surface area (Å²) in [5.74, 6) is -0.683. The third kappa shape index (κ3) is 4.61. The van der Waals surface area contributed by atoms with Gasteiger partial charge in [-0.15, -0.1) is 0 Å². The Labute approximate surface area is 237 Å². The van der Waals surface area contributed by atoms with E-state index in [2.05, 4.69) is 36.1 Å². The fourth-order valence-electron chi connectivity index (χ4n) is 8.24. The number of hydrogen-bond donors (Lipinski definition) is 0. The van der Waals surface area contributed by atoms with Gasteiger partial charge < -0.3 is 14.4 Å².